The lowest BCUT2D eigenvalue weighted by Crippen LogP contribution is -2.40. The van der Waals surface area contributed by atoms with E-state index in [4.69, 9.17) is 0 Å². The summed E-state index contributed by atoms with van der Waals surface area (Å²) in [7, 11) is 2.26. The van der Waals surface area contributed by atoms with E-state index in [1.165, 1.54) is 97.3 Å². The van der Waals surface area contributed by atoms with Crippen molar-refractivity contribution < 1.29 is 0 Å². The smallest absolute Gasteiger partial charge is 0.0109 e. The molecular weight excluding hydrogens is 294 g/mol. The van der Waals surface area contributed by atoms with Crippen molar-refractivity contribution in [2.45, 2.75) is 65.7 Å². The molecule has 142 valence electrons. The zero-order valence-corrected chi connectivity index (χ0v) is 17.0. The molecule has 0 atom stereocenters. The highest BCUT2D eigenvalue weighted by Gasteiger charge is 2.26. The molecule has 0 N–H and O–H groups in total. The van der Waals surface area contributed by atoms with Crippen molar-refractivity contribution >= 4 is 0 Å². The Morgan fingerprint density at radius 1 is 0.875 bits per heavy atom. The molecule has 3 heteroatoms. The van der Waals surface area contributed by atoms with Crippen LogP contribution in [0.15, 0.2) is 0 Å². The summed E-state index contributed by atoms with van der Waals surface area (Å²) in [4.78, 5) is 7.93. The van der Waals surface area contributed by atoms with Gasteiger partial charge < -0.3 is 14.7 Å². The monoisotopic (exact) mass is 337 g/mol. The lowest BCUT2D eigenvalue weighted by molar-refractivity contribution is 0.109. The molecule has 0 aromatic carbocycles. The van der Waals surface area contributed by atoms with E-state index in [0.717, 1.165) is 5.92 Å². The zero-order chi connectivity index (χ0) is 17.4. The van der Waals surface area contributed by atoms with Gasteiger partial charge in [0.25, 0.3) is 0 Å². The van der Waals surface area contributed by atoms with E-state index >= 15 is 0 Å². The lowest BCUT2D eigenvalue weighted by atomic mass is 9.83. The maximum atomic E-state index is 2.74. The maximum Gasteiger partial charge on any atom is 0.0109 e. The van der Waals surface area contributed by atoms with Crippen LogP contribution in [-0.2, 0) is 0 Å². The van der Waals surface area contributed by atoms with E-state index < -0.39 is 0 Å². The summed E-state index contributed by atoms with van der Waals surface area (Å²) in [5, 5.41) is 0. The number of likely N-dealkylation sites (tertiary alicyclic amines) is 1. The predicted octanol–water partition coefficient (Wildman–Crippen LogP) is 3.94. The molecule has 2 aliphatic rings. The SMILES string of the molecule is CCC(C)(CC)CN1CCC(CCCN2CCCN(C)CC2)CC1. The Kier molecular flexibility index (Phi) is 8.53. The van der Waals surface area contributed by atoms with Crippen LogP contribution in [0.2, 0.25) is 0 Å². The molecule has 0 aromatic heterocycles. The van der Waals surface area contributed by atoms with Gasteiger partial charge in [0, 0.05) is 19.6 Å². The Labute approximate surface area is 151 Å². The molecule has 0 aliphatic carbocycles. The van der Waals surface area contributed by atoms with E-state index in [0.29, 0.717) is 5.41 Å². The summed E-state index contributed by atoms with van der Waals surface area (Å²) >= 11 is 0. The number of rotatable bonds is 8. The molecule has 0 saturated carbocycles. The highest BCUT2D eigenvalue weighted by Crippen LogP contribution is 2.29. The first-order chi connectivity index (χ1) is 11.5. The molecule has 3 nitrogen and oxygen atoms in total. The molecule has 0 radical (unpaired) electrons. The third kappa shape index (κ3) is 6.65. The Morgan fingerprint density at radius 3 is 2.25 bits per heavy atom. The molecule has 2 aliphatic heterocycles. The van der Waals surface area contributed by atoms with Crippen LogP contribution < -0.4 is 0 Å². The van der Waals surface area contributed by atoms with Gasteiger partial charge in [-0.25, -0.2) is 0 Å². The van der Waals surface area contributed by atoms with Crippen LogP contribution in [0.3, 0.4) is 0 Å². The number of hydrogen-bond donors (Lipinski definition) is 0. The topological polar surface area (TPSA) is 9.72 Å². The summed E-state index contributed by atoms with van der Waals surface area (Å²) < 4.78 is 0. The number of likely N-dealkylation sites (N-methyl/N-ethyl adjacent to an activating group) is 1. The Hall–Kier alpha value is -0.120. The standard InChI is InChI=1S/C21H43N3/c1-5-21(3,6-2)19-24-15-10-20(11-16-24)9-7-13-23-14-8-12-22(4)17-18-23/h20H,5-19H2,1-4H3. The Morgan fingerprint density at radius 2 is 1.58 bits per heavy atom. The van der Waals surface area contributed by atoms with Crippen molar-refractivity contribution in [1.82, 2.24) is 14.7 Å². The summed E-state index contributed by atoms with van der Waals surface area (Å²) in [6, 6.07) is 0. The molecule has 0 unspecified atom stereocenters. The van der Waals surface area contributed by atoms with Crippen LogP contribution in [0.1, 0.15) is 65.7 Å². The third-order valence-corrected chi connectivity index (χ3v) is 6.92. The van der Waals surface area contributed by atoms with Gasteiger partial charge in [0.1, 0.15) is 0 Å². The van der Waals surface area contributed by atoms with Gasteiger partial charge in [0.05, 0.1) is 0 Å². The van der Waals surface area contributed by atoms with E-state index in [1.54, 1.807) is 0 Å². The van der Waals surface area contributed by atoms with Crippen LogP contribution in [0, 0.1) is 11.3 Å². The van der Waals surface area contributed by atoms with Gasteiger partial charge >= 0.3 is 0 Å². The highest BCUT2D eigenvalue weighted by atomic mass is 15.2. The largest absolute Gasteiger partial charge is 0.305 e. The van der Waals surface area contributed by atoms with Gasteiger partial charge in [-0.2, -0.15) is 0 Å². The minimum atomic E-state index is 0.534. The second-order valence-corrected chi connectivity index (χ2v) is 8.88. The molecule has 0 bridgehead atoms. The third-order valence-electron chi connectivity index (χ3n) is 6.92. The van der Waals surface area contributed by atoms with E-state index in [2.05, 4.69) is 42.5 Å². The van der Waals surface area contributed by atoms with E-state index in [1.807, 2.05) is 0 Å². The van der Waals surface area contributed by atoms with Crippen molar-refractivity contribution in [1.29, 1.82) is 0 Å². The first-order valence-corrected chi connectivity index (χ1v) is 10.7. The summed E-state index contributed by atoms with van der Waals surface area (Å²) in [6.45, 7) is 17.6. The van der Waals surface area contributed by atoms with Gasteiger partial charge in [-0.3, -0.25) is 0 Å². The van der Waals surface area contributed by atoms with Crippen LogP contribution >= 0.6 is 0 Å². The van der Waals surface area contributed by atoms with E-state index in [9.17, 15) is 0 Å². The minimum Gasteiger partial charge on any atom is -0.305 e. The van der Waals surface area contributed by atoms with Crippen molar-refractivity contribution in [3.8, 4) is 0 Å². The van der Waals surface area contributed by atoms with E-state index in [-0.39, 0.29) is 0 Å². The van der Waals surface area contributed by atoms with Gasteiger partial charge in [0.15, 0.2) is 0 Å². The summed E-state index contributed by atoms with van der Waals surface area (Å²) in [5.74, 6) is 0.991. The molecule has 2 saturated heterocycles. The lowest BCUT2D eigenvalue weighted by Gasteiger charge is -2.38. The van der Waals surface area contributed by atoms with Crippen molar-refractivity contribution in [3.63, 3.8) is 0 Å². The quantitative estimate of drug-likeness (QED) is 0.664. The van der Waals surface area contributed by atoms with Gasteiger partial charge in [-0.05, 0) is 96.1 Å². The highest BCUT2D eigenvalue weighted by molar-refractivity contribution is 4.80. The first kappa shape index (κ1) is 20.2. The average molecular weight is 338 g/mol. The summed E-state index contributed by atoms with van der Waals surface area (Å²) in [6.07, 6.45) is 9.72. The van der Waals surface area contributed by atoms with Crippen LogP contribution in [-0.4, -0.2) is 74.1 Å². The molecule has 2 rings (SSSR count). The Bertz CT molecular complexity index is 332. The molecule has 24 heavy (non-hydrogen) atoms. The number of piperidine rings is 1. The number of hydrogen-bond acceptors (Lipinski definition) is 3. The van der Waals surface area contributed by atoms with Crippen LogP contribution in [0.4, 0.5) is 0 Å². The first-order valence-electron chi connectivity index (χ1n) is 10.7. The van der Waals surface area contributed by atoms with Crippen LogP contribution in [0.5, 0.6) is 0 Å². The fourth-order valence-electron chi connectivity index (χ4n) is 4.37. The minimum absolute atomic E-state index is 0.534. The van der Waals surface area contributed by atoms with Crippen molar-refractivity contribution in [2.75, 3.05) is 59.4 Å². The predicted molar refractivity (Wildman–Crippen MR) is 106 cm³/mol. The Balaban J connectivity index is 1.59. The second-order valence-electron chi connectivity index (χ2n) is 8.88. The number of nitrogens with zero attached hydrogens (tertiary/aromatic N) is 3. The zero-order valence-electron chi connectivity index (χ0n) is 17.0. The molecule has 0 aromatic rings. The van der Waals surface area contributed by atoms with Crippen molar-refractivity contribution in [2.24, 2.45) is 11.3 Å². The fourth-order valence-corrected chi connectivity index (χ4v) is 4.37. The molecular formula is C21H43N3. The molecule has 0 spiro atoms. The molecule has 0 amide bonds. The fraction of sp³-hybridized carbons (Fsp3) is 1.00. The van der Waals surface area contributed by atoms with Gasteiger partial charge in [-0.1, -0.05) is 20.8 Å². The van der Waals surface area contributed by atoms with Crippen molar-refractivity contribution in [3.05, 3.63) is 0 Å². The molecule has 2 fully saturated rings. The van der Waals surface area contributed by atoms with Crippen LogP contribution in [0.25, 0.3) is 0 Å². The van der Waals surface area contributed by atoms with Gasteiger partial charge in [0.2, 0.25) is 0 Å². The average Bonchev–Trinajstić information content (AvgIpc) is 2.81. The van der Waals surface area contributed by atoms with Gasteiger partial charge in [-0.15, -0.1) is 0 Å². The maximum absolute atomic E-state index is 2.74. The normalized spacial score (nSPS) is 23.5. The second kappa shape index (κ2) is 10.1. The summed E-state index contributed by atoms with van der Waals surface area (Å²) in [5.41, 5.74) is 0.534. The molecule has 2 heterocycles.